The fourth-order valence-corrected chi connectivity index (χ4v) is 1.89. The molecule has 0 heterocycles. The van der Waals surface area contributed by atoms with Gasteiger partial charge >= 0.3 is 0 Å². The quantitative estimate of drug-likeness (QED) is 0.798. The Bertz CT molecular complexity index is 441. The maximum Gasteiger partial charge on any atom is 0.251 e. The van der Waals surface area contributed by atoms with E-state index in [1.54, 1.807) is 12.1 Å². The number of nitrogens with one attached hydrogen (secondary N) is 1. The van der Waals surface area contributed by atoms with E-state index in [1.807, 2.05) is 27.1 Å². The number of benzene rings is 1. The third-order valence-electron chi connectivity index (χ3n) is 3.22. The zero-order valence-corrected chi connectivity index (χ0v) is 12.5. The molecule has 0 aliphatic rings. The van der Waals surface area contributed by atoms with Crippen LogP contribution in [0.2, 0.25) is 0 Å². The Morgan fingerprint density at radius 3 is 2.47 bits per heavy atom. The molecule has 0 fully saturated rings. The van der Waals surface area contributed by atoms with Crippen LogP contribution in [0.4, 0.5) is 5.69 Å². The summed E-state index contributed by atoms with van der Waals surface area (Å²) in [5.74, 6) is 0.352. The van der Waals surface area contributed by atoms with Gasteiger partial charge in [-0.2, -0.15) is 0 Å². The van der Waals surface area contributed by atoms with Crippen LogP contribution in [0.1, 0.15) is 29.8 Å². The highest BCUT2D eigenvalue weighted by atomic mass is 16.1. The first-order chi connectivity index (χ1) is 8.81. The molecule has 1 aromatic carbocycles. The maximum absolute atomic E-state index is 12.2. The van der Waals surface area contributed by atoms with Crippen molar-refractivity contribution in [2.75, 3.05) is 26.4 Å². The fraction of sp³-hybridized carbons (Fsp3) is 0.533. The number of nitrogen functional groups attached to an aromatic ring is 1. The second-order valence-electron chi connectivity index (χ2n) is 5.66. The average Bonchev–Trinajstić information content (AvgIpc) is 2.31. The minimum Gasteiger partial charge on any atom is -0.399 e. The highest BCUT2D eigenvalue weighted by Crippen LogP contribution is 2.13. The van der Waals surface area contributed by atoms with Gasteiger partial charge in [-0.1, -0.05) is 13.8 Å². The molecule has 0 aromatic heterocycles. The molecule has 19 heavy (non-hydrogen) atoms. The van der Waals surface area contributed by atoms with Gasteiger partial charge in [-0.25, -0.2) is 0 Å². The molecular formula is C15H25N3O. The zero-order chi connectivity index (χ0) is 14.6. The van der Waals surface area contributed by atoms with Crippen molar-refractivity contribution < 1.29 is 4.79 Å². The number of anilines is 1. The van der Waals surface area contributed by atoms with Crippen LogP contribution in [0.15, 0.2) is 18.2 Å². The lowest BCUT2D eigenvalue weighted by Gasteiger charge is -2.25. The van der Waals surface area contributed by atoms with Crippen molar-refractivity contribution in [2.24, 2.45) is 5.92 Å². The normalized spacial score (nSPS) is 12.8. The molecule has 1 unspecified atom stereocenters. The van der Waals surface area contributed by atoms with Crippen LogP contribution < -0.4 is 11.1 Å². The number of hydrogen-bond donors (Lipinski definition) is 2. The topological polar surface area (TPSA) is 58.4 Å². The van der Waals surface area contributed by atoms with Gasteiger partial charge in [0.2, 0.25) is 0 Å². The first-order valence-corrected chi connectivity index (χ1v) is 6.63. The highest BCUT2D eigenvalue weighted by Gasteiger charge is 2.18. The molecule has 1 aromatic rings. The van der Waals surface area contributed by atoms with E-state index in [4.69, 9.17) is 5.73 Å². The number of nitrogens with two attached hydrogens (primary N) is 1. The number of hydrogen-bond acceptors (Lipinski definition) is 3. The monoisotopic (exact) mass is 263 g/mol. The van der Waals surface area contributed by atoms with Crippen molar-refractivity contribution in [1.82, 2.24) is 10.2 Å². The summed E-state index contributed by atoms with van der Waals surface area (Å²) in [4.78, 5) is 14.3. The molecule has 3 N–H and O–H groups in total. The summed E-state index contributed by atoms with van der Waals surface area (Å²) in [6.07, 6.45) is 0. The highest BCUT2D eigenvalue weighted by molar-refractivity contribution is 5.95. The Morgan fingerprint density at radius 1 is 1.37 bits per heavy atom. The summed E-state index contributed by atoms with van der Waals surface area (Å²) in [6.45, 7) is 6.97. The van der Waals surface area contributed by atoms with Crippen molar-refractivity contribution in [2.45, 2.75) is 26.8 Å². The van der Waals surface area contributed by atoms with Crippen LogP contribution in [-0.4, -0.2) is 37.5 Å². The number of rotatable bonds is 5. The number of amides is 1. The predicted molar refractivity (Wildman–Crippen MR) is 80.2 cm³/mol. The van der Waals surface area contributed by atoms with Gasteiger partial charge in [-0.05, 0) is 50.7 Å². The Balaban J connectivity index is 2.78. The number of carbonyl (C=O) groups excluding carboxylic acids is 1. The van der Waals surface area contributed by atoms with Crippen LogP contribution in [0.3, 0.4) is 0 Å². The predicted octanol–water partition coefficient (Wildman–Crippen LogP) is 1.89. The minimum absolute atomic E-state index is 0.0383. The van der Waals surface area contributed by atoms with Crippen LogP contribution in [0.25, 0.3) is 0 Å². The molecule has 0 aliphatic carbocycles. The first-order valence-electron chi connectivity index (χ1n) is 6.63. The fourth-order valence-electron chi connectivity index (χ4n) is 1.89. The Labute approximate surface area is 116 Å². The zero-order valence-electron chi connectivity index (χ0n) is 12.5. The van der Waals surface area contributed by atoms with Gasteiger partial charge in [-0.3, -0.25) is 4.79 Å². The lowest BCUT2D eigenvalue weighted by Crippen LogP contribution is -2.45. The van der Waals surface area contributed by atoms with Gasteiger partial charge in [0.15, 0.2) is 0 Å². The van der Waals surface area contributed by atoms with E-state index in [1.165, 1.54) is 0 Å². The van der Waals surface area contributed by atoms with E-state index in [-0.39, 0.29) is 11.9 Å². The molecular weight excluding hydrogens is 238 g/mol. The first kappa shape index (κ1) is 15.5. The van der Waals surface area contributed by atoms with Crippen LogP contribution >= 0.6 is 0 Å². The minimum atomic E-state index is -0.0383. The maximum atomic E-state index is 12.2. The molecule has 4 nitrogen and oxygen atoms in total. The molecule has 0 bridgehead atoms. The summed E-state index contributed by atoms with van der Waals surface area (Å²) in [5, 5.41) is 3.09. The number of likely N-dealkylation sites (N-methyl/N-ethyl adjacent to an activating group) is 1. The number of carbonyl (C=O) groups is 1. The second-order valence-corrected chi connectivity index (χ2v) is 5.66. The van der Waals surface area contributed by atoms with Gasteiger partial charge in [0.05, 0.1) is 0 Å². The molecule has 0 saturated heterocycles. The number of aryl methyl sites for hydroxylation is 1. The molecule has 1 rings (SSSR count). The molecule has 0 saturated carbocycles. The summed E-state index contributed by atoms with van der Waals surface area (Å²) < 4.78 is 0. The summed E-state index contributed by atoms with van der Waals surface area (Å²) in [6, 6.07) is 5.52. The van der Waals surface area contributed by atoms with E-state index in [0.29, 0.717) is 17.2 Å². The summed E-state index contributed by atoms with van der Waals surface area (Å²) in [7, 11) is 4.02. The molecule has 1 atom stereocenters. The summed E-state index contributed by atoms with van der Waals surface area (Å²) >= 11 is 0. The number of nitrogens with zero attached hydrogens (tertiary/aromatic N) is 1. The van der Waals surface area contributed by atoms with Crippen molar-refractivity contribution in [3.63, 3.8) is 0 Å². The lowest BCUT2D eigenvalue weighted by molar-refractivity contribution is 0.0916. The SMILES string of the molecule is Cc1cc(C(=O)NC(CN(C)C)C(C)C)ccc1N. The lowest BCUT2D eigenvalue weighted by atomic mass is 10.0. The van der Waals surface area contributed by atoms with Gasteiger partial charge < -0.3 is 16.0 Å². The Hall–Kier alpha value is -1.55. The van der Waals surface area contributed by atoms with Crippen LogP contribution in [0, 0.1) is 12.8 Å². The molecule has 0 spiro atoms. The smallest absolute Gasteiger partial charge is 0.251 e. The van der Waals surface area contributed by atoms with Crippen molar-refractivity contribution in [1.29, 1.82) is 0 Å². The van der Waals surface area contributed by atoms with Crippen molar-refractivity contribution in [3.05, 3.63) is 29.3 Å². The molecule has 4 heteroatoms. The van der Waals surface area contributed by atoms with E-state index < -0.39 is 0 Å². The molecule has 0 radical (unpaired) electrons. The Kier molecular flexibility index (Phi) is 5.36. The van der Waals surface area contributed by atoms with Crippen LogP contribution in [-0.2, 0) is 0 Å². The standard InChI is InChI=1S/C15H25N3O/c1-10(2)14(9-18(4)5)17-15(19)12-6-7-13(16)11(3)8-12/h6-8,10,14H,9,16H2,1-5H3,(H,17,19). The van der Waals surface area contributed by atoms with E-state index in [0.717, 1.165) is 12.1 Å². The van der Waals surface area contributed by atoms with Crippen molar-refractivity contribution in [3.8, 4) is 0 Å². The molecule has 0 aliphatic heterocycles. The van der Waals surface area contributed by atoms with Gasteiger partial charge in [-0.15, -0.1) is 0 Å². The third-order valence-corrected chi connectivity index (χ3v) is 3.22. The van der Waals surface area contributed by atoms with E-state index in [2.05, 4.69) is 24.1 Å². The second kappa shape index (κ2) is 6.57. The summed E-state index contributed by atoms with van der Waals surface area (Å²) in [5.41, 5.74) is 8.07. The molecule has 106 valence electrons. The molecule has 1 amide bonds. The van der Waals surface area contributed by atoms with E-state index >= 15 is 0 Å². The third kappa shape index (κ3) is 4.56. The largest absolute Gasteiger partial charge is 0.399 e. The van der Waals surface area contributed by atoms with E-state index in [9.17, 15) is 4.79 Å². The van der Waals surface area contributed by atoms with Gasteiger partial charge in [0, 0.05) is 23.8 Å². The van der Waals surface area contributed by atoms with Crippen molar-refractivity contribution >= 4 is 11.6 Å². The Morgan fingerprint density at radius 2 is 2.00 bits per heavy atom. The average molecular weight is 263 g/mol. The van der Waals surface area contributed by atoms with Gasteiger partial charge in [0.1, 0.15) is 0 Å². The van der Waals surface area contributed by atoms with Gasteiger partial charge in [0.25, 0.3) is 5.91 Å². The van der Waals surface area contributed by atoms with Crippen LogP contribution in [0.5, 0.6) is 0 Å².